The van der Waals surface area contributed by atoms with Crippen LogP contribution in [0.25, 0.3) is 0 Å². The molecule has 9 nitrogen and oxygen atoms in total. The Labute approximate surface area is 118 Å². The molecule has 0 aromatic rings. The van der Waals surface area contributed by atoms with E-state index < -0.39 is 65.8 Å². The highest BCUT2D eigenvalue weighted by Crippen LogP contribution is 2.32. The van der Waals surface area contributed by atoms with Crippen LogP contribution in [0.15, 0.2) is 11.6 Å². The summed E-state index contributed by atoms with van der Waals surface area (Å²) in [5, 5.41) is 38.2. The third kappa shape index (κ3) is 2.34. The zero-order chi connectivity index (χ0) is 16.8. The van der Waals surface area contributed by atoms with Crippen LogP contribution in [0.4, 0.5) is 0 Å². The summed E-state index contributed by atoms with van der Waals surface area (Å²) in [5.41, 5.74) is -1.05. The second kappa shape index (κ2) is 5.20. The normalized spacial score (nSPS) is 41.0. The predicted molar refractivity (Wildman–Crippen MR) is 61.7 cm³/mol. The van der Waals surface area contributed by atoms with Gasteiger partial charge in [0.15, 0.2) is 5.78 Å². The van der Waals surface area contributed by atoms with Gasteiger partial charge >= 0.3 is 0 Å². The highest BCUT2D eigenvalue weighted by atomic mass is 16.7. The topological polar surface area (TPSA) is 158 Å². The van der Waals surface area contributed by atoms with Crippen molar-refractivity contribution in [2.24, 2.45) is 0 Å². The van der Waals surface area contributed by atoms with Gasteiger partial charge in [0.1, 0.15) is 18.3 Å². The smallest absolute Gasteiger partial charge is 0.261 e. The van der Waals surface area contributed by atoms with E-state index in [1.165, 1.54) is 0 Å². The van der Waals surface area contributed by atoms with Gasteiger partial charge in [-0.2, -0.15) is 0 Å². The molecule has 21 heavy (non-hydrogen) atoms. The number of aliphatic hydroxyl groups excluding tert-OH is 3. The maximum Gasteiger partial charge on any atom is 0.261 e. The molecule has 5 atom stereocenters. The first-order chi connectivity index (χ1) is 10.1. The molecule has 2 rings (SSSR count). The zero-order valence-electron chi connectivity index (χ0n) is 11.4. The van der Waals surface area contributed by atoms with Gasteiger partial charge in [-0.3, -0.25) is 19.2 Å². The van der Waals surface area contributed by atoms with Crippen molar-refractivity contribution in [1.29, 1.82) is 0 Å². The fraction of sp³-hybridized carbons (Fsp3) is 0.500. The van der Waals surface area contributed by atoms with Crippen molar-refractivity contribution in [1.82, 2.24) is 0 Å². The van der Waals surface area contributed by atoms with E-state index in [0.29, 0.717) is 6.08 Å². The molecule has 0 spiro atoms. The zero-order valence-corrected chi connectivity index (χ0v) is 10.4. The van der Waals surface area contributed by atoms with E-state index in [-0.39, 0.29) is 0 Å². The number of carbonyl (C=O) groups excluding carboxylic acids is 4. The van der Waals surface area contributed by atoms with Crippen molar-refractivity contribution in [3.8, 4) is 0 Å². The third-order valence-electron chi connectivity index (χ3n) is 3.21. The summed E-state index contributed by atoms with van der Waals surface area (Å²) in [4.78, 5) is 46.7. The minimum atomic E-state index is -3.09. The first kappa shape index (κ1) is 14.2. The van der Waals surface area contributed by atoms with Gasteiger partial charge in [0.05, 0.1) is 18.6 Å². The van der Waals surface area contributed by atoms with E-state index in [2.05, 4.69) is 4.74 Å². The number of aliphatic hydroxyl groups is 4. The largest absolute Gasteiger partial charge is 0.394 e. The molecule has 0 bridgehead atoms. The number of hydrogen-bond donors (Lipinski definition) is 4. The molecule has 0 radical (unpaired) electrons. The molecular formula is C12H12O9. The molecule has 0 saturated carbocycles. The molecule has 0 aromatic heterocycles. The van der Waals surface area contributed by atoms with Crippen molar-refractivity contribution >= 4 is 23.1 Å². The molecule has 1 aliphatic heterocycles. The van der Waals surface area contributed by atoms with Gasteiger partial charge in [-0.1, -0.05) is 0 Å². The molecule has 9 heteroatoms. The van der Waals surface area contributed by atoms with Crippen LogP contribution in [-0.2, 0) is 23.9 Å². The quantitative estimate of drug-likeness (QED) is 0.234. The van der Waals surface area contributed by atoms with E-state index >= 15 is 0 Å². The Balaban J connectivity index is 2.40. The first-order valence-corrected chi connectivity index (χ1v) is 5.83. The Kier molecular flexibility index (Phi) is 3.51. The molecule has 2 aliphatic rings. The van der Waals surface area contributed by atoms with E-state index in [1.54, 1.807) is 0 Å². The van der Waals surface area contributed by atoms with Crippen LogP contribution in [0, 0.1) is 0 Å². The fourth-order valence-electron chi connectivity index (χ4n) is 2.08. The molecule has 114 valence electrons. The maximum absolute atomic E-state index is 12.2. The van der Waals surface area contributed by atoms with Crippen molar-refractivity contribution in [3.05, 3.63) is 11.6 Å². The Morgan fingerprint density at radius 2 is 2.05 bits per heavy atom. The fourth-order valence-corrected chi connectivity index (χ4v) is 2.08. The van der Waals surface area contributed by atoms with Gasteiger partial charge in [0, 0.05) is 1.37 Å². The number of carbonyl (C=O) groups is 4. The van der Waals surface area contributed by atoms with Crippen LogP contribution in [0.3, 0.4) is 0 Å². The lowest BCUT2D eigenvalue weighted by molar-refractivity contribution is -0.220. The molecule has 1 aliphatic carbocycles. The summed E-state index contributed by atoms with van der Waals surface area (Å²) in [6.07, 6.45) is -7.10. The Hall–Kier alpha value is -1.78. The third-order valence-corrected chi connectivity index (χ3v) is 3.21. The number of ether oxygens (including phenoxy) is 1. The SMILES string of the molecule is [2H]C1C(=O)C=C(C(=O)C2(O)O[C@H](CO)[C@@H](O)[C@H]2O)C(=O)C1=O. The Morgan fingerprint density at radius 3 is 2.57 bits per heavy atom. The van der Waals surface area contributed by atoms with Gasteiger partial charge in [-0.05, 0) is 6.08 Å². The molecule has 4 N–H and O–H groups in total. The number of allylic oxidation sites excluding steroid dienone is 1. The summed E-state index contributed by atoms with van der Waals surface area (Å²) in [5.74, 6) is -8.76. The molecule has 0 aromatic carbocycles. The van der Waals surface area contributed by atoms with Crippen LogP contribution in [0.2, 0.25) is 0 Å². The minimum Gasteiger partial charge on any atom is -0.394 e. The van der Waals surface area contributed by atoms with Gasteiger partial charge in [-0.15, -0.1) is 0 Å². The van der Waals surface area contributed by atoms with Crippen LogP contribution in [0.1, 0.15) is 7.77 Å². The van der Waals surface area contributed by atoms with Crippen LogP contribution in [0.5, 0.6) is 0 Å². The summed E-state index contributed by atoms with van der Waals surface area (Å²) in [6, 6.07) is 0. The van der Waals surface area contributed by atoms with Gasteiger partial charge in [-0.25, -0.2) is 0 Å². The van der Waals surface area contributed by atoms with E-state index in [1.807, 2.05) is 0 Å². The minimum absolute atomic E-state index is 0.413. The summed E-state index contributed by atoms with van der Waals surface area (Å²) in [6.45, 7) is -0.840. The maximum atomic E-state index is 12.2. The number of rotatable bonds is 3. The number of ketones is 4. The lowest BCUT2D eigenvalue weighted by atomic mass is 9.88. The van der Waals surface area contributed by atoms with E-state index in [4.69, 9.17) is 6.48 Å². The van der Waals surface area contributed by atoms with Gasteiger partial charge in [0.2, 0.25) is 17.3 Å². The molecular weight excluding hydrogens is 288 g/mol. The molecule has 0 amide bonds. The van der Waals surface area contributed by atoms with E-state index in [0.717, 1.165) is 0 Å². The summed E-state index contributed by atoms with van der Waals surface area (Å²) >= 11 is 0. The second-order valence-corrected chi connectivity index (χ2v) is 4.60. The van der Waals surface area contributed by atoms with Crippen LogP contribution >= 0.6 is 0 Å². The standard InChI is InChI=1S/C12H12O9/c13-3-7-9(17)11(19)12(20,21-7)10(18)5-1-4(14)2-6(15)8(5)16/h1,7,9,11,13,17,19-20H,2-3H2/t7-,9-,11-,12?/m1/s1/i2D/t2?,7-,9-,11-,12?. The second-order valence-electron chi connectivity index (χ2n) is 4.60. The summed E-state index contributed by atoms with van der Waals surface area (Å²) < 4.78 is 11.8. The van der Waals surface area contributed by atoms with Crippen molar-refractivity contribution in [2.75, 3.05) is 6.61 Å². The molecule has 1 heterocycles. The highest BCUT2D eigenvalue weighted by molar-refractivity contribution is 6.55. The number of Topliss-reactive ketones (excluding diaryl/α,β-unsaturated/α-hetero) is 3. The Morgan fingerprint density at radius 1 is 1.43 bits per heavy atom. The molecule has 1 fully saturated rings. The highest BCUT2D eigenvalue weighted by Gasteiger charge is 2.59. The molecule has 1 saturated heterocycles. The first-order valence-electron chi connectivity index (χ1n) is 6.41. The average Bonchev–Trinajstić information content (AvgIpc) is 2.73. The molecule has 2 unspecified atom stereocenters. The van der Waals surface area contributed by atoms with Gasteiger partial charge < -0.3 is 25.2 Å². The van der Waals surface area contributed by atoms with Crippen molar-refractivity contribution in [3.63, 3.8) is 0 Å². The van der Waals surface area contributed by atoms with Crippen LogP contribution in [-0.4, -0.2) is 74.3 Å². The van der Waals surface area contributed by atoms with E-state index in [9.17, 15) is 34.5 Å². The lowest BCUT2D eigenvalue weighted by Gasteiger charge is -2.25. The van der Waals surface area contributed by atoms with Gasteiger partial charge in [0.25, 0.3) is 5.79 Å². The Bertz CT molecular complexity index is 597. The summed E-state index contributed by atoms with van der Waals surface area (Å²) in [7, 11) is 0. The lowest BCUT2D eigenvalue weighted by Crippen LogP contribution is -2.52. The predicted octanol–water partition coefficient (Wildman–Crippen LogP) is -3.61. The van der Waals surface area contributed by atoms with Crippen LogP contribution < -0.4 is 0 Å². The average molecular weight is 301 g/mol. The monoisotopic (exact) mass is 301 g/mol. The van der Waals surface area contributed by atoms with Crippen molar-refractivity contribution < 1.29 is 45.7 Å². The number of hydrogen-bond acceptors (Lipinski definition) is 9. The van der Waals surface area contributed by atoms with Crippen molar-refractivity contribution in [2.45, 2.75) is 30.5 Å².